The highest BCUT2D eigenvalue weighted by Crippen LogP contribution is 2.69. The summed E-state index contributed by atoms with van der Waals surface area (Å²) in [6, 6.07) is 19.3. The van der Waals surface area contributed by atoms with E-state index < -0.39 is 17.3 Å². The largest absolute Gasteiger partial charge is 0.495 e. The number of methoxy groups -OCH3 is 1. The van der Waals surface area contributed by atoms with Crippen LogP contribution in [0.5, 0.6) is 11.5 Å². The van der Waals surface area contributed by atoms with Crippen LogP contribution in [0.3, 0.4) is 0 Å². The molecule has 2 saturated heterocycles. The Labute approximate surface area is 231 Å². The molecule has 0 spiro atoms. The molecule has 4 aliphatic rings. The number of rotatable bonds is 5. The fraction of sp³-hybridized carbons (Fsp3) is 0.452. The summed E-state index contributed by atoms with van der Waals surface area (Å²) >= 11 is 3.57. The van der Waals surface area contributed by atoms with Gasteiger partial charge in [0.25, 0.3) is 0 Å². The third kappa shape index (κ3) is 3.25. The van der Waals surface area contributed by atoms with Crippen molar-refractivity contribution in [2.45, 2.75) is 67.4 Å². The normalized spacial score (nSPS) is 35.5. The predicted molar refractivity (Wildman–Crippen MR) is 147 cm³/mol. The minimum atomic E-state index is -1.75. The number of hydrogen-bond acceptors (Lipinski definition) is 6. The minimum Gasteiger partial charge on any atom is -0.495 e. The monoisotopic (exact) mass is 576 g/mol. The molecule has 3 fully saturated rings. The van der Waals surface area contributed by atoms with Gasteiger partial charge in [-0.1, -0.05) is 64.8 Å². The van der Waals surface area contributed by atoms with Gasteiger partial charge in [0.05, 0.1) is 31.2 Å². The molecule has 7 atom stereocenters. The quantitative estimate of drug-likeness (QED) is 0.439. The topological polar surface area (TPSA) is 75.0 Å². The molecule has 1 aliphatic carbocycles. The molecule has 0 amide bonds. The van der Waals surface area contributed by atoms with Gasteiger partial charge in [0.1, 0.15) is 11.5 Å². The van der Waals surface area contributed by atoms with E-state index in [0.29, 0.717) is 35.7 Å². The lowest BCUT2D eigenvalue weighted by Gasteiger charge is -2.41. The van der Waals surface area contributed by atoms with E-state index in [1.54, 1.807) is 19.5 Å². The maximum absolute atomic E-state index is 13.0. The number of halogens is 1. The molecule has 198 valence electrons. The maximum atomic E-state index is 13.0. The SMILES string of the molecule is COc1cncc2c1[C@]1(O)[C@H](O)[C@H](CN3[C@@H]4CCC[C@H]3CC4)[C@@H](c3ccccc3)[C@]1(c1ccc(Br)cc1)O2. The predicted octanol–water partition coefficient (Wildman–Crippen LogP) is 5.12. The Morgan fingerprint density at radius 3 is 2.42 bits per heavy atom. The van der Waals surface area contributed by atoms with Gasteiger partial charge in [0.2, 0.25) is 0 Å². The summed E-state index contributed by atoms with van der Waals surface area (Å²) in [5, 5.41) is 25.4. The van der Waals surface area contributed by atoms with Crippen molar-refractivity contribution < 1.29 is 19.7 Å². The molecule has 1 saturated carbocycles. The number of aliphatic hydroxyl groups excluding tert-OH is 1. The lowest BCUT2D eigenvalue weighted by molar-refractivity contribution is -0.152. The highest BCUT2D eigenvalue weighted by atomic mass is 79.9. The molecule has 6 nitrogen and oxygen atoms in total. The zero-order valence-electron chi connectivity index (χ0n) is 21.5. The smallest absolute Gasteiger partial charge is 0.177 e. The first-order chi connectivity index (χ1) is 18.5. The number of nitrogens with zero attached hydrogens (tertiary/aromatic N) is 2. The number of hydrogen-bond donors (Lipinski definition) is 2. The van der Waals surface area contributed by atoms with Gasteiger partial charge in [-0.2, -0.15) is 0 Å². The van der Waals surface area contributed by atoms with Crippen LogP contribution in [0.15, 0.2) is 71.5 Å². The van der Waals surface area contributed by atoms with Crippen LogP contribution in [-0.2, 0) is 11.2 Å². The van der Waals surface area contributed by atoms with Crippen molar-refractivity contribution in [1.82, 2.24) is 9.88 Å². The molecule has 0 radical (unpaired) electrons. The first-order valence-corrected chi connectivity index (χ1v) is 14.5. The van der Waals surface area contributed by atoms with Crippen LogP contribution in [-0.4, -0.2) is 51.9 Å². The molecular weight excluding hydrogens is 544 g/mol. The van der Waals surface area contributed by atoms with Crippen molar-refractivity contribution in [3.8, 4) is 11.5 Å². The van der Waals surface area contributed by atoms with Gasteiger partial charge < -0.3 is 19.7 Å². The number of fused-ring (bicyclic) bond motifs is 5. The fourth-order valence-electron chi connectivity index (χ4n) is 8.20. The summed E-state index contributed by atoms with van der Waals surface area (Å²) in [7, 11) is 1.57. The van der Waals surface area contributed by atoms with E-state index in [-0.39, 0.29) is 11.8 Å². The molecule has 3 aliphatic heterocycles. The summed E-state index contributed by atoms with van der Waals surface area (Å²) in [5.41, 5.74) is -0.676. The molecule has 0 unspecified atom stereocenters. The molecule has 38 heavy (non-hydrogen) atoms. The van der Waals surface area contributed by atoms with Crippen molar-refractivity contribution in [3.63, 3.8) is 0 Å². The number of benzene rings is 2. The summed E-state index contributed by atoms with van der Waals surface area (Å²) in [6.07, 6.45) is 8.25. The second kappa shape index (κ2) is 9.05. The number of aromatic nitrogens is 1. The van der Waals surface area contributed by atoms with Gasteiger partial charge in [-0.3, -0.25) is 9.88 Å². The first kappa shape index (κ1) is 24.6. The van der Waals surface area contributed by atoms with Gasteiger partial charge in [-0.05, 0) is 48.9 Å². The molecule has 4 heterocycles. The molecule has 7 heteroatoms. The van der Waals surface area contributed by atoms with Crippen LogP contribution in [0, 0.1) is 5.92 Å². The lowest BCUT2D eigenvalue weighted by Crippen LogP contribution is -2.52. The minimum absolute atomic E-state index is 0.265. The van der Waals surface area contributed by atoms with Crippen LogP contribution in [0.25, 0.3) is 0 Å². The number of piperidine rings is 1. The Hall–Kier alpha value is -2.45. The molecule has 7 rings (SSSR count). The van der Waals surface area contributed by atoms with E-state index in [4.69, 9.17) is 9.47 Å². The summed E-state index contributed by atoms with van der Waals surface area (Å²) in [4.78, 5) is 6.95. The van der Waals surface area contributed by atoms with Crippen LogP contribution in [0.2, 0.25) is 0 Å². The van der Waals surface area contributed by atoms with Crippen molar-refractivity contribution in [2.24, 2.45) is 5.92 Å². The van der Waals surface area contributed by atoms with E-state index in [0.717, 1.165) is 15.6 Å². The molecule has 2 bridgehead atoms. The van der Waals surface area contributed by atoms with Crippen LogP contribution >= 0.6 is 15.9 Å². The van der Waals surface area contributed by atoms with Crippen molar-refractivity contribution >= 4 is 15.9 Å². The summed E-state index contributed by atoms with van der Waals surface area (Å²) < 4.78 is 13.6. The van der Waals surface area contributed by atoms with Crippen molar-refractivity contribution in [1.29, 1.82) is 0 Å². The van der Waals surface area contributed by atoms with E-state index in [9.17, 15) is 10.2 Å². The van der Waals surface area contributed by atoms with Crippen LogP contribution in [0.1, 0.15) is 54.7 Å². The Bertz CT molecular complexity index is 1320. The molecule has 2 aromatic carbocycles. The van der Waals surface area contributed by atoms with E-state index in [2.05, 4.69) is 37.9 Å². The highest BCUT2D eigenvalue weighted by molar-refractivity contribution is 9.10. The van der Waals surface area contributed by atoms with Crippen molar-refractivity contribution in [2.75, 3.05) is 13.7 Å². The van der Waals surface area contributed by atoms with Crippen LogP contribution in [0.4, 0.5) is 0 Å². The first-order valence-electron chi connectivity index (χ1n) is 13.7. The van der Waals surface area contributed by atoms with Crippen molar-refractivity contribution in [3.05, 3.63) is 88.2 Å². The van der Waals surface area contributed by atoms with Gasteiger partial charge in [-0.15, -0.1) is 0 Å². The zero-order valence-corrected chi connectivity index (χ0v) is 23.0. The molecule has 2 N–H and O–H groups in total. The zero-order chi connectivity index (χ0) is 26.1. The molecule has 1 aromatic heterocycles. The Morgan fingerprint density at radius 1 is 1.03 bits per heavy atom. The van der Waals surface area contributed by atoms with Gasteiger partial charge >= 0.3 is 0 Å². The summed E-state index contributed by atoms with van der Waals surface area (Å²) in [6.45, 7) is 0.711. The standard InChI is InChI=1S/C31H33BrN2O4/c1-37-25-16-33-17-26-28(25)30(36)29(35)24(18-34-22-8-5-9-23(34)15-14-22)27(19-6-3-2-4-7-19)31(30,38-26)20-10-12-21(32)13-11-20/h2-4,6-7,10-13,16-17,22-24,27,29,35-36H,5,8-9,14-15,18H2,1H3/t22-,23+,24-,27-,29-,30+,31+/m1/s1. The Balaban J connectivity index is 1.47. The van der Waals surface area contributed by atoms with E-state index >= 15 is 0 Å². The second-order valence-corrected chi connectivity index (χ2v) is 12.3. The average molecular weight is 578 g/mol. The Morgan fingerprint density at radius 2 is 1.74 bits per heavy atom. The Kier molecular flexibility index (Phi) is 5.85. The highest BCUT2D eigenvalue weighted by Gasteiger charge is 2.77. The average Bonchev–Trinajstić information content (AvgIpc) is 3.40. The van der Waals surface area contributed by atoms with Crippen LogP contribution < -0.4 is 9.47 Å². The third-order valence-electron chi connectivity index (χ3n) is 9.71. The molecular formula is C31H33BrN2O4. The van der Waals surface area contributed by atoms with Gasteiger partial charge in [-0.25, -0.2) is 0 Å². The number of ether oxygens (including phenoxy) is 2. The van der Waals surface area contributed by atoms with E-state index in [1.165, 1.54) is 32.1 Å². The van der Waals surface area contributed by atoms with Gasteiger partial charge in [0, 0.05) is 34.9 Å². The van der Waals surface area contributed by atoms with E-state index in [1.807, 2.05) is 42.5 Å². The summed E-state index contributed by atoms with van der Waals surface area (Å²) in [5.74, 6) is 0.293. The fourth-order valence-corrected chi connectivity index (χ4v) is 8.46. The third-order valence-corrected chi connectivity index (χ3v) is 10.2. The molecule has 3 aromatic rings. The number of aliphatic hydroxyl groups is 2. The number of pyridine rings is 1. The maximum Gasteiger partial charge on any atom is 0.177 e. The lowest BCUT2D eigenvalue weighted by atomic mass is 9.70. The van der Waals surface area contributed by atoms with Gasteiger partial charge in [0.15, 0.2) is 11.2 Å². The second-order valence-electron chi connectivity index (χ2n) is 11.3.